The third kappa shape index (κ3) is 4.40. The van der Waals surface area contributed by atoms with E-state index in [0.717, 1.165) is 22.4 Å². The molecule has 0 spiro atoms. The number of carboxylic acids is 1. The number of halogens is 1. The van der Waals surface area contributed by atoms with Crippen LogP contribution in [-0.2, 0) is 4.79 Å². The smallest absolute Gasteiger partial charge is 0.317 e. The summed E-state index contributed by atoms with van der Waals surface area (Å²) in [5.41, 5.74) is 3.15. The Balaban J connectivity index is 2.87. The van der Waals surface area contributed by atoms with Gasteiger partial charge in [0.15, 0.2) is 0 Å². The average molecular weight is 286 g/mol. The lowest BCUT2D eigenvalue weighted by Gasteiger charge is -2.21. The van der Waals surface area contributed by atoms with E-state index in [1.54, 1.807) is 19.1 Å². The van der Waals surface area contributed by atoms with Crippen LogP contribution in [0.2, 0.25) is 0 Å². The Labute approximate surface area is 118 Å². The fourth-order valence-electron chi connectivity index (χ4n) is 2.21. The molecule has 1 atom stereocenters. The third-order valence-electron chi connectivity index (χ3n) is 2.99. The maximum absolute atomic E-state index is 10.6. The van der Waals surface area contributed by atoms with Gasteiger partial charge in [0.2, 0.25) is 0 Å². The number of hydrogen-bond acceptors (Lipinski definition) is 3. The van der Waals surface area contributed by atoms with E-state index in [0.29, 0.717) is 6.54 Å². The van der Waals surface area contributed by atoms with Gasteiger partial charge in [-0.2, -0.15) is 0 Å². The number of benzene rings is 1. The summed E-state index contributed by atoms with van der Waals surface area (Å²) in [6, 6.07) is 3.88. The van der Waals surface area contributed by atoms with Gasteiger partial charge in [0.05, 0.1) is 19.0 Å². The Morgan fingerprint density at radius 3 is 2.37 bits per heavy atom. The number of rotatable bonds is 6. The fraction of sp³-hybridized carbons (Fsp3) is 0.500. The standard InChI is InChI=1S/C14H20ClNO3/c1-9-5-11(19-4)6-10(2)14(9)12(15)7-16(3)8-13(17)18/h5-6,12H,7-8H2,1-4H3,(H,17,18). The molecule has 5 heteroatoms. The summed E-state index contributed by atoms with van der Waals surface area (Å²) in [7, 11) is 3.38. The van der Waals surface area contributed by atoms with Crippen LogP contribution in [0.15, 0.2) is 12.1 Å². The zero-order chi connectivity index (χ0) is 14.6. The second-order valence-electron chi connectivity index (χ2n) is 4.73. The van der Waals surface area contributed by atoms with Crippen LogP contribution in [-0.4, -0.2) is 43.2 Å². The number of likely N-dealkylation sites (N-methyl/N-ethyl adjacent to an activating group) is 1. The van der Waals surface area contributed by atoms with Crippen LogP contribution in [0.3, 0.4) is 0 Å². The molecule has 0 radical (unpaired) electrons. The van der Waals surface area contributed by atoms with Crippen molar-refractivity contribution >= 4 is 17.6 Å². The SMILES string of the molecule is COc1cc(C)c(C(Cl)CN(C)CC(=O)O)c(C)c1. The van der Waals surface area contributed by atoms with Gasteiger partial charge in [0.1, 0.15) is 5.75 Å². The number of aliphatic carboxylic acids is 1. The Bertz CT molecular complexity index is 439. The molecule has 1 rings (SSSR count). The maximum atomic E-state index is 10.6. The summed E-state index contributed by atoms with van der Waals surface area (Å²) in [5, 5.41) is 8.50. The maximum Gasteiger partial charge on any atom is 0.317 e. The van der Waals surface area contributed by atoms with Crippen molar-refractivity contribution in [3.8, 4) is 5.75 Å². The second kappa shape index (κ2) is 6.78. The van der Waals surface area contributed by atoms with Gasteiger partial charge in [0.25, 0.3) is 0 Å². The molecule has 0 amide bonds. The number of ether oxygens (including phenoxy) is 1. The van der Waals surface area contributed by atoms with Crippen LogP contribution in [0.4, 0.5) is 0 Å². The topological polar surface area (TPSA) is 49.8 Å². The van der Waals surface area contributed by atoms with Gasteiger partial charge in [-0.15, -0.1) is 11.6 Å². The molecule has 0 saturated carbocycles. The van der Waals surface area contributed by atoms with Crippen molar-refractivity contribution in [1.82, 2.24) is 4.90 Å². The molecular formula is C14H20ClNO3. The molecule has 4 nitrogen and oxygen atoms in total. The van der Waals surface area contributed by atoms with Crippen molar-refractivity contribution in [2.24, 2.45) is 0 Å². The number of carboxylic acid groups (broad SMARTS) is 1. The first-order valence-electron chi connectivity index (χ1n) is 6.04. The number of methoxy groups -OCH3 is 1. The first-order valence-corrected chi connectivity index (χ1v) is 6.48. The fourth-order valence-corrected chi connectivity index (χ4v) is 2.79. The molecule has 0 fully saturated rings. The van der Waals surface area contributed by atoms with Crippen LogP contribution in [0, 0.1) is 13.8 Å². The van der Waals surface area contributed by atoms with Gasteiger partial charge in [-0.05, 0) is 49.7 Å². The average Bonchev–Trinajstić information content (AvgIpc) is 2.26. The molecule has 19 heavy (non-hydrogen) atoms. The first-order chi connectivity index (χ1) is 8.85. The van der Waals surface area contributed by atoms with E-state index >= 15 is 0 Å². The van der Waals surface area contributed by atoms with E-state index in [1.165, 1.54) is 0 Å². The molecule has 106 valence electrons. The van der Waals surface area contributed by atoms with Crippen molar-refractivity contribution in [2.45, 2.75) is 19.2 Å². The van der Waals surface area contributed by atoms with Crippen molar-refractivity contribution < 1.29 is 14.6 Å². The predicted octanol–water partition coefficient (Wildman–Crippen LogP) is 2.61. The summed E-state index contributed by atoms with van der Waals surface area (Å²) in [5.74, 6) is -0.0453. The van der Waals surface area contributed by atoms with Gasteiger partial charge in [-0.3, -0.25) is 9.69 Å². The molecule has 0 aromatic heterocycles. The van der Waals surface area contributed by atoms with E-state index in [1.807, 2.05) is 26.0 Å². The lowest BCUT2D eigenvalue weighted by atomic mass is 9.99. The van der Waals surface area contributed by atoms with Crippen LogP contribution in [0.25, 0.3) is 0 Å². The highest BCUT2D eigenvalue weighted by Crippen LogP contribution is 2.31. The summed E-state index contributed by atoms with van der Waals surface area (Å²) >= 11 is 6.42. The molecule has 0 saturated heterocycles. The predicted molar refractivity (Wildman–Crippen MR) is 76.2 cm³/mol. The number of aryl methyl sites for hydroxylation is 2. The van der Waals surface area contributed by atoms with E-state index in [9.17, 15) is 4.79 Å². The van der Waals surface area contributed by atoms with Crippen molar-refractivity contribution in [2.75, 3.05) is 27.2 Å². The highest BCUT2D eigenvalue weighted by molar-refractivity contribution is 6.21. The lowest BCUT2D eigenvalue weighted by Crippen LogP contribution is -2.29. The largest absolute Gasteiger partial charge is 0.497 e. The third-order valence-corrected chi connectivity index (χ3v) is 3.35. The number of alkyl halides is 1. The molecule has 1 unspecified atom stereocenters. The number of carbonyl (C=O) groups is 1. The molecule has 0 aliphatic heterocycles. The first kappa shape index (κ1) is 15.8. The quantitative estimate of drug-likeness (QED) is 0.816. The zero-order valence-corrected chi connectivity index (χ0v) is 12.5. The second-order valence-corrected chi connectivity index (χ2v) is 5.26. The van der Waals surface area contributed by atoms with E-state index < -0.39 is 5.97 Å². The molecule has 1 aromatic carbocycles. The molecule has 0 heterocycles. The zero-order valence-electron chi connectivity index (χ0n) is 11.7. The van der Waals surface area contributed by atoms with Gasteiger partial charge < -0.3 is 9.84 Å². The highest BCUT2D eigenvalue weighted by Gasteiger charge is 2.17. The van der Waals surface area contributed by atoms with Crippen LogP contribution < -0.4 is 4.74 Å². The molecule has 0 aliphatic rings. The van der Waals surface area contributed by atoms with Crippen molar-refractivity contribution in [3.63, 3.8) is 0 Å². The normalized spacial score (nSPS) is 12.5. The number of hydrogen-bond donors (Lipinski definition) is 1. The Kier molecular flexibility index (Phi) is 5.63. The highest BCUT2D eigenvalue weighted by atomic mass is 35.5. The minimum absolute atomic E-state index is 0.0164. The minimum atomic E-state index is -0.852. The van der Waals surface area contributed by atoms with Crippen LogP contribution in [0.1, 0.15) is 22.1 Å². The van der Waals surface area contributed by atoms with Crippen molar-refractivity contribution in [3.05, 3.63) is 28.8 Å². The molecule has 0 aliphatic carbocycles. The van der Waals surface area contributed by atoms with Crippen LogP contribution >= 0.6 is 11.6 Å². The summed E-state index contributed by atoms with van der Waals surface area (Å²) < 4.78 is 5.21. The molecule has 1 N–H and O–H groups in total. The Morgan fingerprint density at radius 2 is 1.95 bits per heavy atom. The van der Waals surface area contributed by atoms with E-state index in [-0.39, 0.29) is 11.9 Å². The van der Waals surface area contributed by atoms with Gasteiger partial charge >= 0.3 is 5.97 Å². The van der Waals surface area contributed by atoms with E-state index in [4.69, 9.17) is 21.4 Å². The molecule has 0 bridgehead atoms. The van der Waals surface area contributed by atoms with Gasteiger partial charge in [-0.1, -0.05) is 0 Å². The minimum Gasteiger partial charge on any atom is -0.497 e. The summed E-state index contributed by atoms with van der Waals surface area (Å²) in [6.07, 6.45) is 0. The monoisotopic (exact) mass is 285 g/mol. The van der Waals surface area contributed by atoms with E-state index in [2.05, 4.69) is 0 Å². The molecular weight excluding hydrogens is 266 g/mol. The van der Waals surface area contributed by atoms with Crippen molar-refractivity contribution in [1.29, 1.82) is 0 Å². The Hall–Kier alpha value is -1.26. The molecule has 1 aromatic rings. The summed E-state index contributed by atoms with van der Waals surface area (Å²) in [6.45, 7) is 4.44. The number of nitrogens with zero attached hydrogens (tertiary/aromatic N) is 1. The van der Waals surface area contributed by atoms with Gasteiger partial charge in [0, 0.05) is 6.54 Å². The summed E-state index contributed by atoms with van der Waals surface area (Å²) in [4.78, 5) is 12.3. The lowest BCUT2D eigenvalue weighted by molar-refractivity contribution is -0.137. The van der Waals surface area contributed by atoms with Gasteiger partial charge in [-0.25, -0.2) is 0 Å². The Morgan fingerprint density at radius 1 is 1.42 bits per heavy atom. The van der Waals surface area contributed by atoms with Crippen LogP contribution in [0.5, 0.6) is 5.75 Å².